The van der Waals surface area contributed by atoms with Gasteiger partial charge in [0.2, 0.25) is 10.0 Å². The summed E-state index contributed by atoms with van der Waals surface area (Å²) in [4.78, 5) is 13.2. The minimum atomic E-state index is -3.60. The second-order valence-electron chi connectivity index (χ2n) is 6.14. The summed E-state index contributed by atoms with van der Waals surface area (Å²) in [7, 11) is -3.60. The molecule has 1 aliphatic rings. The predicted octanol–water partition coefficient (Wildman–Crippen LogP) is 2.12. The first-order valence-corrected chi connectivity index (χ1v) is 10.5. The summed E-state index contributed by atoms with van der Waals surface area (Å²) in [6.07, 6.45) is 2.25. The van der Waals surface area contributed by atoms with Crippen LogP contribution in [0, 0.1) is 5.92 Å². The van der Waals surface area contributed by atoms with Crippen LogP contribution in [0.1, 0.15) is 28.1 Å². The Bertz CT molecular complexity index is 819. The number of nitrogens with two attached hydrogens (primary N) is 1. The van der Waals surface area contributed by atoms with Crippen molar-refractivity contribution in [1.29, 1.82) is 0 Å². The van der Waals surface area contributed by atoms with Gasteiger partial charge in [-0.05, 0) is 54.5 Å². The van der Waals surface area contributed by atoms with E-state index in [9.17, 15) is 13.2 Å². The highest BCUT2D eigenvalue weighted by molar-refractivity contribution is 7.89. The second kappa shape index (κ2) is 8.96. The molecule has 26 heavy (non-hydrogen) atoms. The monoisotopic (exact) mass is 415 g/mol. The third kappa shape index (κ3) is 5.52. The van der Waals surface area contributed by atoms with E-state index < -0.39 is 10.0 Å². The van der Waals surface area contributed by atoms with Crippen LogP contribution >= 0.6 is 23.7 Å². The number of halogens is 1. The quantitative estimate of drug-likeness (QED) is 0.614. The smallest absolute Gasteiger partial charge is 0.251 e. The molecule has 0 saturated heterocycles. The van der Waals surface area contributed by atoms with Gasteiger partial charge in [0.25, 0.3) is 5.91 Å². The van der Waals surface area contributed by atoms with Crippen LogP contribution in [-0.2, 0) is 16.6 Å². The summed E-state index contributed by atoms with van der Waals surface area (Å²) >= 11 is 1.49. The first-order valence-electron chi connectivity index (χ1n) is 8.11. The third-order valence-electron chi connectivity index (χ3n) is 4.17. The number of hydrogen-bond donors (Lipinski definition) is 3. The molecule has 1 heterocycles. The molecule has 0 radical (unpaired) electrons. The lowest BCUT2D eigenvalue weighted by molar-refractivity contribution is 0.0950. The van der Waals surface area contributed by atoms with Crippen molar-refractivity contribution < 1.29 is 13.2 Å². The Morgan fingerprint density at radius 3 is 2.50 bits per heavy atom. The van der Waals surface area contributed by atoms with Crippen molar-refractivity contribution in [3.05, 3.63) is 52.2 Å². The fraction of sp³-hybridized carbons (Fsp3) is 0.353. The van der Waals surface area contributed by atoms with E-state index in [1.54, 1.807) is 0 Å². The highest BCUT2D eigenvalue weighted by atomic mass is 35.5. The Morgan fingerprint density at radius 2 is 1.92 bits per heavy atom. The molecule has 1 atom stereocenters. The number of amides is 1. The maximum Gasteiger partial charge on any atom is 0.251 e. The average molecular weight is 416 g/mol. The molecule has 0 spiro atoms. The first-order chi connectivity index (χ1) is 12.0. The van der Waals surface area contributed by atoms with E-state index in [1.165, 1.54) is 35.6 Å². The zero-order valence-electron chi connectivity index (χ0n) is 14.1. The van der Waals surface area contributed by atoms with Gasteiger partial charge in [-0.25, -0.2) is 13.1 Å². The van der Waals surface area contributed by atoms with Crippen LogP contribution in [0.2, 0.25) is 0 Å². The Hall–Kier alpha value is -1.45. The van der Waals surface area contributed by atoms with E-state index in [2.05, 4.69) is 10.0 Å². The third-order valence-corrected chi connectivity index (χ3v) is 6.46. The molecule has 1 saturated carbocycles. The molecule has 9 heteroatoms. The predicted molar refractivity (Wildman–Crippen MR) is 105 cm³/mol. The van der Waals surface area contributed by atoms with Crippen LogP contribution in [0.5, 0.6) is 0 Å². The Morgan fingerprint density at radius 1 is 1.23 bits per heavy atom. The molecule has 3 rings (SSSR count). The van der Waals surface area contributed by atoms with Gasteiger partial charge in [-0.15, -0.1) is 23.7 Å². The summed E-state index contributed by atoms with van der Waals surface area (Å²) in [5.74, 6) is 0.272. The summed E-state index contributed by atoms with van der Waals surface area (Å²) in [6.45, 7) is 0.688. The van der Waals surface area contributed by atoms with Crippen molar-refractivity contribution in [1.82, 2.24) is 10.0 Å². The lowest BCUT2D eigenvalue weighted by Gasteiger charge is -2.12. The molecular formula is C17H22ClN3O3S2. The van der Waals surface area contributed by atoms with Crippen LogP contribution in [-0.4, -0.2) is 26.9 Å². The minimum absolute atomic E-state index is 0. The molecule has 2 aromatic rings. The van der Waals surface area contributed by atoms with Gasteiger partial charge in [-0.3, -0.25) is 4.79 Å². The number of rotatable bonds is 8. The molecule has 0 aliphatic heterocycles. The molecule has 1 aromatic heterocycles. The fourth-order valence-electron chi connectivity index (χ4n) is 2.45. The number of carbonyl (C=O) groups excluding carboxylic acids is 1. The molecule has 4 N–H and O–H groups in total. The zero-order chi connectivity index (χ0) is 17.9. The number of carbonyl (C=O) groups is 1. The van der Waals surface area contributed by atoms with Crippen LogP contribution in [0.15, 0.2) is 46.7 Å². The van der Waals surface area contributed by atoms with Crippen molar-refractivity contribution in [2.45, 2.75) is 30.3 Å². The summed E-state index contributed by atoms with van der Waals surface area (Å²) in [5.41, 5.74) is 6.38. The van der Waals surface area contributed by atoms with Gasteiger partial charge in [0, 0.05) is 29.6 Å². The van der Waals surface area contributed by atoms with E-state index in [0.29, 0.717) is 18.0 Å². The van der Waals surface area contributed by atoms with E-state index in [4.69, 9.17) is 5.73 Å². The van der Waals surface area contributed by atoms with Crippen LogP contribution in [0.25, 0.3) is 0 Å². The van der Waals surface area contributed by atoms with Crippen LogP contribution in [0.3, 0.4) is 0 Å². The van der Waals surface area contributed by atoms with Crippen molar-refractivity contribution >= 4 is 39.7 Å². The van der Waals surface area contributed by atoms with Gasteiger partial charge >= 0.3 is 0 Å². The zero-order valence-corrected chi connectivity index (χ0v) is 16.5. The van der Waals surface area contributed by atoms with Gasteiger partial charge < -0.3 is 11.1 Å². The molecule has 1 fully saturated rings. The van der Waals surface area contributed by atoms with Crippen LogP contribution < -0.4 is 15.8 Å². The number of benzene rings is 1. The Balaban J connectivity index is 0.00000243. The molecular weight excluding hydrogens is 394 g/mol. The van der Waals surface area contributed by atoms with E-state index >= 15 is 0 Å². The standard InChI is InChI=1S/C17H21N3O3S2.ClH/c18-16(12-3-4-12)11-19-17(21)13-5-7-15(8-6-13)25(22,23)20-10-14-2-1-9-24-14;/h1-2,5-9,12,16,20H,3-4,10-11,18H2,(H,19,21);1H. The van der Waals surface area contributed by atoms with Gasteiger partial charge in [0.05, 0.1) is 4.90 Å². The summed E-state index contributed by atoms with van der Waals surface area (Å²) in [6, 6.07) is 9.63. The highest BCUT2D eigenvalue weighted by Crippen LogP contribution is 2.31. The van der Waals surface area contributed by atoms with Gasteiger partial charge in [-0.1, -0.05) is 6.07 Å². The maximum atomic E-state index is 12.3. The minimum Gasteiger partial charge on any atom is -0.350 e. The van der Waals surface area contributed by atoms with Crippen molar-refractivity contribution in [3.63, 3.8) is 0 Å². The number of sulfonamides is 1. The Kier molecular flexibility index (Phi) is 7.19. The SMILES string of the molecule is Cl.NC(CNC(=O)c1ccc(S(=O)(=O)NCc2cccs2)cc1)C1CC1. The van der Waals surface area contributed by atoms with E-state index in [-0.39, 0.29) is 35.8 Å². The molecule has 6 nitrogen and oxygen atoms in total. The highest BCUT2D eigenvalue weighted by Gasteiger charge is 2.28. The number of hydrogen-bond acceptors (Lipinski definition) is 5. The topological polar surface area (TPSA) is 101 Å². The fourth-order valence-corrected chi connectivity index (χ4v) is 4.19. The second-order valence-corrected chi connectivity index (χ2v) is 8.94. The lowest BCUT2D eigenvalue weighted by atomic mass is 10.2. The molecule has 1 unspecified atom stereocenters. The van der Waals surface area contributed by atoms with Gasteiger partial charge in [0.15, 0.2) is 0 Å². The average Bonchev–Trinajstić information content (AvgIpc) is 3.34. The van der Waals surface area contributed by atoms with Crippen molar-refractivity contribution in [2.75, 3.05) is 6.54 Å². The largest absolute Gasteiger partial charge is 0.350 e. The van der Waals surface area contributed by atoms with Crippen molar-refractivity contribution in [3.8, 4) is 0 Å². The van der Waals surface area contributed by atoms with E-state index in [1.807, 2.05) is 17.5 Å². The Labute approximate surface area is 163 Å². The maximum absolute atomic E-state index is 12.3. The molecule has 1 aromatic carbocycles. The lowest BCUT2D eigenvalue weighted by Crippen LogP contribution is -2.38. The van der Waals surface area contributed by atoms with Crippen molar-refractivity contribution in [2.24, 2.45) is 11.7 Å². The molecule has 1 amide bonds. The summed E-state index contributed by atoms with van der Waals surface area (Å²) in [5, 5.41) is 4.69. The van der Waals surface area contributed by atoms with Gasteiger partial charge in [-0.2, -0.15) is 0 Å². The molecule has 1 aliphatic carbocycles. The first kappa shape index (κ1) is 20.9. The van der Waals surface area contributed by atoms with Gasteiger partial charge in [0.1, 0.15) is 0 Å². The summed E-state index contributed by atoms with van der Waals surface area (Å²) < 4.78 is 27.1. The molecule has 142 valence electrons. The van der Waals surface area contributed by atoms with E-state index in [0.717, 1.165) is 17.7 Å². The number of thiophene rings is 1. The number of nitrogens with one attached hydrogen (secondary N) is 2. The molecule has 0 bridgehead atoms. The van der Waals surface area contributed by atoms with Crippen LogP contribution in [0.4, 0.5) is 0 Å². The normalized spacial score (nSPS) is 15.1.